The van der Waals surface area contributed by atoms with Gasteiger partial charge in [0.15, 0.2) is 0 Å². The van der Waals surface area contributed by atoms with Crippen LogP contribution in [0.4, 0.5) is 0 Å². The lowest BCUT2D eigenvalue weighted by molar-refractivity contribution is -0.138. The highest BCUT2D eigenvalue weighted by atomic mass is 16.5. The zero-order valence-corrected chi connectivity index (χ0v) is 10.2. The molecule has 16 heavy (non-hydrogen) atoms. The first-order valence-corrected chi connectivity index (χ1v) is 6.20. The van der Waals surface area contributed by atoms with Gasteiger partial charge in [-0.3, -0.25) is 4.79 Å². The van der Waals surface area contributed by atoms with Gasteiger partial charge in [0.25, 0.3) is 0 Å². The number of carbonyl (C=O) groups excluding carboxylic acids is 1. The van der Waals surface area contributed by atoms with Crippen molar-refractivity contribution in [3.8, 4) is 0 Å². The largest absolute Gasteiger partial charge is 0.379 e. The van der Waals surface area contributed by atoms with Crippen molar-refractivity contribution in [2.45, 2.75) is 44.7 Å². The predicted octanol–water partition coefficient (Wildman–Crippen LogP) is 0.751. The van der Waals surface area contributed by atoms with Crippen LogP contribution in [0.15, 0.2) is 0 Å². The van der Waals surface area contributed by atoms with E-state index >= 15 is 0 Å². The van der Waals surface area contributed by atoms with Gasteiger partial charge in [0, 0.05) is 19.2 Å². The molecule has 0 radical (unpaired) electrons. The Kier molecular flexibility index (Phi) is 3.22. The van der Waals surface area contributed by atoms with Crippen molar-refractivity contribution in [2.24, 2.45) is 11.7 Å². The van der Waals surface area contributed by atoms with Crippen LogP contribution in [0.1, 0.15) is 33.1 Å². The molecule has 92 valence electrons. The van der Waals surface area contributed by atoms with Crippen LogP contribution in [0, 0.1) is 5.92 Å². The van der Waals surface area contributed by atoms with Crippen molar-refractivity contribution in [1.29, 1.82) is 0 Å². The molecular weight excluding hydrogens is 204 g/mol. The normalized spacial score (nSPS) is 29.8. The van der Waals surface area contributed by atoms with Gasteiger partial charge >= 0.3 is 0 Å². The monoisotopic (exact) mass is 226 g/mol. The molecule has 0 aromatic rings. The lowest BCUT2D eigenvalue weighted by Crippen LogP contribution is -2.57. The molecule has 2 N–H and O–H groups in total. The maximum Gasteiger partial charge on any atom is 0.245 e. The van der Waals surface area contributed by atoms with Gasteiger partial charge in [-0.2, -0.15) is 0 Å². The Labute approximate surface area is 97.1 Å². The van der Waals surface area contributed by atoms with Gasteiger partial charge in [0.2, 0.25) is 5.91 Å². The fourth-order valence-electron chi connectivity index (χ4n) is 2.21. The van der Waals surface area contributed by atoms with Gasteiger partial charge in [-0.25, -0.2) is 0 Å². The molecule has 2 fully saturated rings. The average molecular weight is 226 g/mol. The molecule has 0 spiro atoms. The van der Waals surface area contributed by atoms with Gasteiger partial charge < -0.3 is 15.4 Å². The minimum absolute atomic E-state index is 0.0983. The molecule has 1 aliphatic heterocycles. The summed E-state index contributed by atoms with van der Waals surface area (Å²) in [5, 5.41) is 0. The number of nitrogens with two attached hydrogens (primary N) is 1. The van der Waals surface area contributed by atoms with E-state index in [9.17, 15) is 4.79 Å². The Morgan fingerprint density at radius 1 is 1.56 bits per heavy atom. The van der Waals surface area contributed by atoms with Crippen LogP contribution in [0.3, 0.4) is 0 Å². The highest BCUT2D eigenvalue weighted by Crippen LogP contribution is 2.31. The number of hydrogen-bond donors (Lipinski definition) is 1. The van der Waals surface area contributed by atoms with E-state index in [0.717, 1.165) is 19.4 Å². The zero-order chi connectivity index (χ0) is 11.8. The van der Waals surface area contributed by atoms with E-state index < -0.39 is 5.54 Å². The number of hydrogen-bond acceptors (Lipinski definition) is 3. The van der Waals surface area contributed by atoms with E-state index in [0.29, 0.717) is 31.6 Å². The smallest absolute Gasteiger partial charge is 0.245 e. The molecule has 1 amide bonds. The Hall–Kier alpha value is -0.610. The minimum atomic E-state index is -0.752. The molecule has 1 heterocycles. The predicted molar refractivity (Wildman–Crippen MR) is 61.9 cm³/mol. The van der Waals surface area contributed by atoms with E-state index in [2.05, 4.69) is 13.8 Å². The lowest BCUT2D eigenvalue weighted by atomic mass is 9.97. The summed E-state index contributed by atoms with van der Waals surface area (Å²) in [6.07, 6.45) is 2.93. The molecule has 4 nitrogen and oxygen atoms in total. The number of carbonyl (C=O) groups is 1. The Balaban J connectivity index is 2.04. The van der Waals surface area contributed by atoms with Crippen LogP contribution in [0.25, 0.3) is 0 Å². The van der Waals surface area contributed by atoms with E-state index in [4.69, 9.17) is 10.5 Å². The van der Waals surface area contributed by atoms with Crippen molar-refractivity contribution in [3.05, 3.63) is 0 Å². The summed E-state index contributed by atoms with van der Waals surface area (Å²) in [5.41, 5.74) is 5.38. The van der Waals surface area contributed by atoms with Crippen LogP contribution in [-0.2, 0) is 9.53 Å². The zero-order valence-electron chi connectivity index (χ0n) is 10.2. The van der Waals surface area contributed by atoms with Crippen LogP contribution >= 0.6 is 0 Å². The number of rotatable bonds is 4. The van der Waals surface area contributed by atoms with Crippen molar-refractivity contribution in [1.82, 2.24) is 4.90 Å². The van der Waals surface area contributed by atoms with Gasteiger partial charge in [-0.1, -0.05) is 13.8 Å². The number of nitrogens with zero attached hydrogens (tertiary/aromatic N) is 1. The molecule has 1 saturated carbocycles. The van der Waals surface area contributed by atoms with Crippen molar-refractivity contribution >= 4 is 5.91 Å². The Morgan fingerprint density at radius 3 is 2.69 bits per heavy atom. The highest BCUT2D eigenvalue weighted by Gasteiger charge is 2.45. The summed E-state index contributed by atoms with van der Waals surface area (Å²) in [7, 11) is 0. The van der Waals surface area contributed by atoms with Gasteiger partial charge in [0.1, 0.15) is 5.54 Å². The Bertz CT molecular complexity index is 268. The molecule has 2 rings (SSSR count). The van der Waals surface area contributed by atoms with Crippen LogP contribution in [0.2, 0.25) is 0 Å². The lowest BCUT2D eigenvalue weighted by Gasteiger charge is -2.32. The maximum atomic E-state index is 12.4. The second kappa shape index (κ2) is 4.34. The molecule has 4 heteroatoms. The summed E-state index contributed by atoms with van der Waals surface area (Å²) < 4.78 is 5.26. The van der Waals surface area contributed by atoms with Crippen LogP contribution < -0.4 is 5.73 Å². The molecule has 1 saturated heterocycles. The molecule has 0 aromatic carbocycles. The average Bonchev–Trinajstić information content (AvgIpc) is 2.97. The van der Waals surface area contributed by atoms with Crippen LogP contribution in [-0.4, -0.2) is 42.1 Å². The first-order chi connectivity index (χ1) is 7.53. The SMILES string of the molecule is CC(C)CN(C(=O)C1(N)CCOC1)C1CC1. The van der Waals surface area contributed by atoms with Crippen molar-refractivity contribution in [3.63, 3.8) is 0 Å². The number of amides is 1. The third-order valence-electron chi connectivity index (χ3n) is 3.29. The second-order valence-corrected chi connectivity index (χ2v) is 5.54. The van der Waals surface area contributed by atoms with Gasteiger partial charge in [0.05, 0.1) is 6.61 Å². The fraction of sp³-hybridized carbons (Fsp3) is 0.917. The van der Waals surface area contributed by atoms with E-state index in [1.165, 1.54) is 0 Å². The molecule has 1 atom stereocenters. The first-order valence-electron chi connectivity index (χ1n) is 6.20. The summed E-state index contributed by atoms with van der Waals surface area (Å²) in [6.45, 7) is 6.09. The molecule has 1 unspecified atom stereocenters. The molecule has 1 aliphatic carbocycles. The van der Waals surface area contributed by atoms with Gasteiger partial charge in [-0.15, -0.1) is 0 Å². The quantitative estimate of drug-likeness (QED) is 0.769. The van der Waals surface area contributed by atoms with E-state index in [-0.39, 0.29) is 5.91 Å². The molecular formula is C12H22N2O2. The second-order valence-electron chi connectivity index (χ2n) is 5.54. The third-order valence-corrected chi connectivity index (χ3v) is 3.29. The molecule has 2 aliphatic rings. The number of ether oxygens (including phenoxy) is 1. The molecule has 0 bridgehead atoms. The van der Waals surface area contributed by atoms with E-state index in [1.54, 1.807) is 0 Å². The molecule has 0 aromatic heterocycles. The standard InChI is InChI=1S/C12H22N2O2/c1-9(2)7-14(10-3-4-10)11(15)12(13)5-6-16-8-12/h9-10H,3-8,13H2,1-2H3. The maximum absolute atomic E-state index is 12.4. The minimum Gasteiger partial charge on any atom is -0.379 e. The van der Waals surface area contributed by atoms with Crippen molar-refractivity contribution in [2.75, 3.05) is 19.8 Å². The summed E-state index contributed by atoms with van der Waals surface area (Å²) in [4.78, 5) is 14.4. The summed E-state index contributed by atoms with van der Waals surface area (Å²) >= 11 is 0. The fourth-order valence-corrected chi connectivity index (χ4v) is 2.21. The van der Waals surface area contributed by atoms with Gasteiger partial charge in [-0.05, 0) is 25.2 Å². The first kappa shape index (κ1) is 11.9. The Morgan fingerprint density at radius 2 is 2.25 bits per heavy atom. The summed E-state index contributed by atoms with van der Waals surface area (Å²) in [5.74, 6) is 0.594. The summed E-state index contributed by atoms with van der Waals surface area (Å²) in [6, 6.07) is 0.441. The topological polar surface area (TPSA) is 55.6 Å². The highest BCUT2D eigenvalue weighted by molar-refractivity contribution is 5.87. The van der Waals surface area contributed by atoms with Crippen LogP contribution in [0.5, 0.6) is 0 Å². The van der Waals surface area contributed by atoms with E-state index in [1.807, 2.05) is 4.90 Å². The third kappa shape index (κ3) is 2.38. The van der Waals surface area contributed by atoms with Crippen molar-refractivity contribution < 1.29 is 9.53 Å².